The van der Waals surface area contributed by atoms with E-state index in [1.807, 2.05) is 0 Å². The molecular formula is C68H68N4O2. The van der Waals surface area contributed by atoms with Crippen LogP contribution in [-0.4, -0.2) is 85.2 Å². The minimum atomic E-state index is 0.627. The molecule has 0 radical (unpaired) electrons. The lowest BCUT2D eigenvalue weighted by Crippen LogP contribution is -2.45. The standard InChI is InChI=1S/C68H68N4O2/c1-3-15-53(16-4-1)49-69-37-41-71(51-55-27-31-61(32-28-55)73-45-35-67-63-23-11-7-19-57(63)47-58-20-8-12-24-64(58)67)43-39-70(50-54-17-5-2-6-18-54)40-44-72(42-38-69)52-56-29-33-62(34-30-56)74-46-36-68-65-25-13-9-21-59(65)48-60-22-10-14-26-66(60)68/h1-34,47-48H,35-46,49-52H2. The van der Waals surface area contributed by atoms with Crippen molar-refractivity contribution in [2.45, 2.75) is 39.0 Å². The number of fused-ring (bicyclic) bond motifs is 4. The quantitative estimate of drug-likeness (QED) is 0.0897. The van der Waals surface area contributed by atoms with Crippen LogP contribution in [0.3, 0.4) is 0 Å². The van der Waals surface area contributed by atoms with Gasteiger partial charge in [0.1, 0.15) is 11.5 Å². The minimum Gasteiger partial charge on any atom is -0.493 e. The maximum Gasteiger partial charge on any atom is 0.119 e. The molecule has 0 saturated carbocycles. The van der Waals surface area contributed by atoms with E-state index in [1.54, 1.807) is 0 Å². The molecule has 0 spiro atoms. The van der Waals surface area contributed by atoms with Gasteiger partial charge in [0, 0.05) is 91.4 Å². The molecule has 0 unspecified atom stereocenters. The second kappa shape index (κ2) is 24.1. The number of hydrogen-bond acceptors (Lipinski definition) is 6. The fourth-order valence-electron chi connectivity index (χ4n) is 11.1. The summed E-state index contributed by atoms with van der Waals surface area (Å²) in [5.41, 5.74) is 8.07. The molecule has 1 aliphatic rings. The second-order valence-electron chi connectivity index (χ2n) is 20.2. The third-order valence-corrected chi connectivity index (χ3v) is 15.1. The number of nitrogens with zero attached hydrogens (tertiary/aromatic N) is 4. The predicted octanol–water partition coefficient (Wildman–Crippen LogP) is 13.9. The molecule has 1 heterocycles. The van der Waals surface area contributed by atoms with Gasteiger partial charge in [-0.15, -0.1) is 0 Å². The van der Waals surface area contributed by atoms with E-state index in [0.29, 0.717) is 13.2 Å². The summed E-state index contributed by atoms with van der Waals surface area (Å²) in [5.74, 6) is 1.84. The van der Waals surface area contributed by atoms with Crippen molar-refractivity contribution in [3.8, 4) is 11.5 Å². The van der Waals surface area contributed by atoms with E-state index < -0.39 is 0 Å². The van der Waals surface area contributed by atoms with Gasteiger partial charge in [0.2, 0.25) is 0 Å². The fourth-order valence-corrected chi connectivity index (χ4v) is 11.1. The van der Waals surface area contributed by atoms with E-state index in [0.717, 1.165) is 103 Å². The van der Waals surface area contributed by atoms with E-state index >= 15 is 0 Å². The Morgan fingerprint density at radius 2 is 0.527 bits per heavy atom. The molecule has 372 valence electrons. The third-order valence-electron chi connectivity index (χ3n) is 15.1. The number of hydrogen-bond donors (Lipinski definition) is 0. The van der Waals surface area contributed by atoms with Gasteiger partial charge < -0.3 is 9.47 Å². The molecule has 1 fully saturated rings. The minimum absolute atomic E-state index is 0.627. The molecular weight excluding hydrogens is 905 g/mol. The highest BCUT2D eigenvalue weighted by Crippen LogP contribution is 2.31. The molecule has 10 aromatic carbocycles. The monoisotopic (exact) mass is 973 g/mol. The van der Waals surface area contributed by atoms with Crippen molar-refractivity contribution < 1.29 is 9.47 Å². The van der Waals surface area contributed by atoms with Crippen LogP contribution in [0.15, 0.2) is 218 Å². The highest BCUT2D eigenvalue weighted by atomic mass is 16.5. The molecule has 11 rings (SSSR count). The lowest BCUT2D eigenvalue weighted by molar-refractivity contribution is 0.122. The summed E-state index contributed by atoms with van der Waals surface area (Å²) >= 11 is 0. The molecule has 1 saturated heterocycles. The van der Waals surface area contributed by atoms with Crippen LogP contribution in [0.2, 0.25) is 0 Å². The molecule has 0 atom stereocenters. The lowest BCUT2D eigenvalue weighted by atomic mass is 9.95. The van der Waals surface area contributed by atoms with Crippen molar-refractivity contribution in [3.05, 3.63) is 252 Å². The molecule has 1 aliphatic heterocycles. The zero-order valence-electron chi connectivity index (χ0n) is 42.7. The molecule has 0 bridgehead atoms. The summed E-state index contributed by atoms with van der Waals surface area (Å²) in [6.07, 6.45) is 1.70. The van der Waals surface area contributed by atoms with Gasteiger partial charge in [-0.3, -0.25) is 19.6 Å². The van der Waals surface area contributed by atoms with Crippen molar-refractivity contribution in [2.75, 3.05) is 65.6 Å². The summed E-state index contributed by atoms with van der Waals surface area (Å²) < 4.78 is 12.9. The van der Waals surface area contributed by atoms with Crippen LogP contribution in [-0.2, 0) is 39.0 Å². The Labute approximate surface area is 438 Å². The average Bonchev–Trinajstić information content (AvgIpc) is 3.45. The molecule has 0 aromatic heterocycles. The molecule has 74 heavy (non-hydrogen) atoms. The van der Waals surface area contributed by atoms with Crippen molar-refractivity contribution in [1.82, 2.24) is 19.6 Å². The summed E-state index contributed by atoms with van der Waals surface area (Å²) in [5, 5.41) is 10.4. The normalized spacial score (nSPS) is 14.8. The van der Waals surface area contributed by atoms with Crippen LogP contribution in [0.25, 0.3) is 43.1 Å². The first kappa shape index (κ1) is 48.9. The van der Waals surface area contributed by atoms with Gasteiger partial charge in [-0.1, -0.05) is 182 Å². The summed E-state index contributed by atoms with van der Waals surface area (Å²) in [4.78, 5) is 10.7. The van der Waals surface area contributed by atoms with Gasteiger partial charge in [-0.25, -0.2) is 0 Å². The van der Waals surface area contributed by atoms with Crippen molar-refractivity contribution in [2.24, 2.45) is 0 Å². The van der Waals surface area contributed by atoms with E-state index in [-0.39, 0.29) is 0 Å². The highest BCUT2D eigenvalue weighted by molar-refractivity contribution is 6.03. The van der Waals surface area contributed by atoms with E-state index in [2.05, 4.69) is 238 Å². The Balaban J connectivity index is 0.751. The number of rotatable bonds is 16. The first-order chi connectivity index (χ1) is 36.6. The van der Waals surface area contributed by atoms with E-state index in [1.165, 1.54) is 76.5 Å². The van der Waals surface area contributed by atoms with Crippen LogP contribution in [0, 0.1) is 0 Å². The van der Waals surface area contributed by atoms with E-state index in [4.69, 9.17) is 9.47 Å². The molecule has 0 amide bonds. The fraction of sp³-hybridized carbons (Fsp3) is 0.235. The van der Waals surface area contributed by atoms with Gasteiger partial charge in [-0.05, 0) is 113 Å². The third kappa shape index (κ3) is 12.5. The maximum absolute atomic E-state index is 6.45. The van der Waals surface area contributed by atoms with Gasteiger partial charge in [0.15, 0.2) is 0 Å². The zero-order chi connectivity index (χ0) is 49.7. The topological polar surface area (TPSA) is 31.4 Å². The van der Waals surface area contributed by atoms with Gasteiger partial charge in [-0.2, -0.15) is 0 Å². The summed E-state index contributed by atoms with van der Waals surface area (Å²) in [6, 6.07) is 79.3. The van der Waals surface area contributed by atoms with Gasteiger partial charge in [0.05, 0.1) is 13.2 Å². The van der Waals surface area contributed by atoms with E-state index in [9.17, 15) is 0 Å². The highest BCUT2D eigenvalue weighted by Gasteiger charge is 2.19. The number of ether oxygens (including phenoxy) is 2. The zero-order valence-corrected chi connectivity index (χ0v) is 42.7. The Hall–Kier alpha value is -7.32. The van der Waals surface area contributed by atoms with Crippen LogP contribution in [0.1, 0.15) is 33.4 Å². The SMILES string of the molecule is c1ccc(CN2CCN(Cc3ccc(OCCc4c5ccccc5cc5ccccc45)cc3)CCN(Cc3ccccc3)CCN(Cc3ccc(OCCc4c5ccccc5cc5ccccc45)cc3)CC2)cc1. The maximum atomic E-state index is 6.45. The van der Waals surface area contributed by atoms with Crippen LogP contribution in [0.5, 0.6) is 11.5 Å². The molecule has 0 aliphatic carbocycles. The Bertz CT molecular complexity index is 3030. The van der Waals surface area contributed by atoms with Crippen molar-refractivity contribution in [1.29, 1.82) is 0 Å². The Morgan fingerprint density at radius 3 is 0.824 bits per heavy atom. The van der Waals surface area contributed by atoms with Gasteiger partial charge >= 0.3 is 0 Å². The molecule has 10 aromatic rings. The largest absolute Gasteiger partial charge is 0.493 e. The summed E-state index contributed by atoms with van der Waals surface area (Å²) in [6.45, 7) is 12.8. The predicted molar refractivity (Wildman–Crippen MR) is 308 cm³/mol. The molecule has 6 nitrogen and oxygen atoms in total. The smallest absolute Gasteiger partial charge is 0.119 e. The Kier molecular flexibility index (Phi) is 16.0. The first-order valence-corrected chi connectivity index (χ1v) is 26.8. The van der Waals surface area contributed by atoms with Crippen molar-refractivity contribution in [3.63, 3.8) is 0 Å². The number of benzene rings is 10. The van der Waals surface area contributed by atoms with Gasteiger partial charge in [0.25, 0.3) is 0 Å². The lowest BCUT2D eigenvalue weighted by Gasteiger charge is -2.34. The molecule has 0 N–H and O–H groups in total. The van der Waals surface area contributed by atoms with Crippen LogP contribution >= 0.6 is 0 Å². The Morgan fingerprint density at radius 1 is 0.270 bits per heavy atom. The first-order valence-electron chi connectivity index (χ1n) is 26.8. The van der Waals surface area contributed by atoms with Crippen molar-refractivity contribution >= 4 is 43.1 Å². The average molecular weight is 973 g/mol. The second-order valence-corrected chi connectivity index (χ2v) is 20.2. The summed E-state index contributed by atoms with van der Waals surface area (Å²) in [7, 11) is 0. The van der Waals surface area contributed by atoms with Crippen LogP contribution < -0.4 is 9.47 Å². The molecule has 6 heteroatoms. The van der Waals surface area contributed by atoms with Crippen LogP contribution in [0.4, 0.5) is 0 Å².